The van der Waals surface area contributed by atoms with Gasteiger partial charge in [0, 0.05) is 33.3 Å². The lowest BCUT2D eigenvalue weighted by Gasteiger charge is -2.19. The molecule has 0 aliphatic carbocycles. The molecule has 0 bridgehead atoms. The molecule has 0 aromatic carbocycles. The highest BCUT2D eigenvalue weighted by atomic mass is 16.3. The maximum atomic E-state index is 8.75. The molecule has 0 atom stereocenters. The van der Waals surface area contributed by atoms with Gasteiger partial charge < -0.3 is 20.6 Å². The second kappa shape index (κ2) is 7.65. The van der Waals surface area contributed by atoms with Crippen LogP contribution in [0.4, 0.5) is 17.8 Å². The molecular formula is C11H22N6O. The molecule has 1 rings (SSSR count). The number of hydrogen-bond donors (Lipinski definition) is 3. The molecule has 102 valence electrons. The number of rotatable bonds is 8. The van der Waals surface area contributed by atoms with E-state index in [1.54, 1.807) is 7.05 Å². The van der Waals surface area contributed by atoms with Crippen LogP contribution < -0.4 is 15.5 Å². The first-order chi connectivity index (χ1) is 8.74. The van der Waals surface area contributed by atoms with Gasteiger partial charge in [-0.05, 0) is 20.3 Å². The zero-order valence-electron chi connectivity index (χ0n) is 11.3. The summed E-state index contributed by atoms with van der Waals surface area (Å²) in [5.41, 5.74) is 0. The van der Waals surface area contributed by atoms with Crippen LogP contribution in [0.25, 0.3) is 0 Å². The summed E-state index contributed by atoms with van der Waals surface area (Å²) >= 11 is 0. The van der Waals surface area contributed by atoms with Crippen LogP contribution in [-0.2, 0) is 0 Å². The van der Waals surface area contributed by atoms with Crippen molar-refractivity contribution in [3.05, 3.63) is 0 Å². The number of aliphatic hydroxyl groups excluding tert-OH is 1. The van der Waals surface area contributed by atoms with Crippen molar-refractivity contribution in [3.63, 3.8) is 0 Å². The molecule has 1 heterocycles. The predicted octanol–water partition coefficient (Wildman–Crippen LogP) is 0.554. The van der Waals surface area contributed by atoms with Crippen LogP contribution in [0.2, 0.25) is 0 Å². The molecule has 0 amide bonds. The molecule has 0 saturated carbocycles. The van der Waals surface area contributed by atoms with Gasteiger partial charge in [-0.3, -0.25) is 0 Å². The number of anilines is 3. The summed E-state index contributed by atoms with van der Waals surface area (Å²) in [5.74, 6) is 1.73. The minimum atomic E-state index is 0.153. The summed E-state index contributed by atoms with van der Waals surface area (Å²) in [6, 6.07) is 0. The SMILES string of the molecule is CCN(CC)c1nc(NC)nc(NCCCO)n1. The highest BCUT2D eigenvalue weighted by Gasteiger charge is 2.09. The van der Waals surface area contributed by atoms with E-state index in [9.17, 15) is 0 Å². The van der Waals surface area contributed by atoms with E-state index in [4.69, 9.17) is 5.11 Å². The molecule has 0 fully saturated rings. The first-order valence-electron chi connectivity index (χ1n) is 6.28. The summed E-state index contributed by atoms with van der Waals surface area (Å²) in [6.07, 6.45) is 0.668. The summed E-state index contributed by atoms with van der Waals surface area (Å²) < 4.78 is 0. The van der Waals surface area contributed by atoms with E-state index in [0.717, 1.165) is 13.1 Å². The highest BCUT2D eigenvalue weighted by Crippen LogP contribution is 2.12. The van der Waals surface area contributed by atoms with Crippen LogP contribution in [0, 0.1) is 0 Å². The second-order valence-corrected chi connectivity index (χ2v) is 3.71. The Bertz CT molecular complexity index is 355. The van der Waals surface area contributed by atoms with Crippen molar-refractivity contribution in [3.8, 4) is 0 Å². The van der Waals surface area contributed by atoms with Gasteiger partial charge in [-0.15, -0.1) is 0 Å². The topological polar surface area (TPSA) is 86.2 Å². The van der Waals surface area contributed by atoms with Gasteiger partial charge >= 0.3 is 0 Å². The lowest BCUT2D eigenvalue weighted by Crippen LogP contribution is -2.25. The van der Waals surface area contributed by atoms with Crippen molar-refractivity contribution in [2.75, 3.05) is 48.8 Å². The molecule has 0 unspecified atom stereocenters. The van der Waals surface area contributed by atoms with Crippen LogP contribution >= 0.6 is 0 Å². The van der Waals surface area contributed by atoms with Crippen molar-refractivity contribution in [2.45, 2.75) is 20.3 Å². The largest absolute Gasteiger partial charge is 0.396 e. The number of nitrogens with zero attached hydrogens (tertiary/aromatic N) is 4. The monoisotopic (exact) mass is 254 g/mol. The summed E-state index contributed by atoms with van der Waals surface area (Å²) in [7, 11) is 1.78. The van der Waals surface area contributed by atoms with Crippen molar-refractivity contribution in [2.24, 2.45) is 0 Å². The summed E-state index contributed by atoms with van der Waals surface area (Å²) in [5, 5.41) is 14.7. The molecular weight excluding hydrogens is 232 g/mol. The third-order valence-electron chi connectivity index (χ3n) is 2.51. The number of nitrogens with one attached hydrogen (secondary N) is 2. The molecule has 3 N–H and O–H groups in total. The van der Waals surface area contributed by atoms with Gasteiger partial charge in [-0.25, -0.2) is 0 Å². The van der Waals surface area contributed by atoms with Crippen LogP contribution in [-0.4, -0.2) is 53.3 Å². The van der Waals surface area contributed by atoms with Gasteiger partial charge in [-0.1, -0.05) is 0 Å². The van der Waals surface area contributed by atoms with Gasteiger partial charge in [0.25, 0.3) is 0 Å². The van der Waals surface area contributed by atoms with Crippen LogP contribution in [0.15, 0.2) is 0 Å². The quantitative estimate of drug-likeness (QED) is 0.584. The maximum Gasteiger partial charge on any atom is 0.231 e. The van der Waals surface area contributed by atoms with Gasteiger partial charge in [0.15, 0.2) is 0 Å². The van der Waals surface area contributed by atoms with Crippen LogP contribution in [0.5, 0.6) is 0 Å². The number of aliphatic hydroxyl groups is 1. The van der Waals surface area contributed by atoms with E-state index >= 15 is 0 Å². The molecule has 7 nitrogen and oxygen atoms in total. The van der Waals surface area contributed by atoms with Crippen molar-refractivity contribution < 1.29 is 5.11 Å². The predicted molar refractivity (Wildman–Crippen MR) is 73.1 cm³/mol. The third kappa shape index (κ3) is 3.99. The van der Waals surface area contributed by atoms with Crippen molar-refractivity contribution >= 4 is 17.8 Å². The van der Waals surface area contributed by atoms with Gasteiger partial charge in [0.2, 0.25) is 17.8 Å². The fraction of sp³-hybridized carbons (Fsp3) is 0.727. The van der Waals surface area contributed by atoms with Gasteiger partial charge in [0.05, 0.1) is 0 Å². The lowest BCUT2D eigenvalue weighted by molar-refractivity contribution is 0.292. The Balaban J connectivity index is 2.86. The zero-order valence-corrected chi connectivity index (χ0v) is 11.3. The highest BCUT2D eigenvalue weighted by molar-refractivity contribution is 5.43. The van der Waals surface area contributed by atoms with E-state index < -0.39 is 0 Å². The molecule has 0 spiro atoms. The second-order valence-electron chi connectivity index (χ2n) is 3.71. The molecule has 1 aromatic rings. The Morgan fingerprint density at radius 3 is 2.33 bits per heavy atom. The van der Waals surface area contributed by atoms with Crippen LogP contribution in [0.3, 0.4) is 0 Å². The molecule has 0 aliphatic rings. The minimum Gasteiger partial charge on any atom is -0.396 e. The Morgan fingerprint density at radius 1 is 1.11 bits per heavy atom. The van der Waals surface area contributed by atoms with Gasteiger partial charge in [-0.2, -0.15) is 15.0 Å². The molecule has 0 radical (unpaired) electrons. The lowest BCUT2D eigenvalue weighted by atomic mass is 10.4. The Morgan fingerprint density at radius 2 is 1.78 bits per heavy atom. The first-order valence-corrected chi connectivity index (χ1v) is 6.28. The van der Waals surface area contributed by atoms with Crippen molar-refractivity contribution in [1.82, 2.24) is 15.0 Å². The van der Waals surface area contributed by atoms with E-state index in [1.165, 1.54) is 0 Å². The smallest absolute Gasteiger partial charge is 0.231 e. The summed E-state index contributed by atoms with van der Waals surface area (Å²) in [6.45, 7) is 6.61. The first kappa shape index (κ1) is 14.4. The average Bonchev–Trinajstić information content (AvgIpc) is 2.40. The normalized spacial score (nSPS) is 10.2. The van der Waals surface area contributed by atoms with E-state index in [-0.39, 0.29) is 6.61 Å². The maximum absolute atomic E-state index is 8.75. The Labute approximate surface area is 108 Å². The minimum absolute atomic E-state index is 0.153. The molecule has 0 saturated heterocycles. The standard InChI is InChI=1S/C11H22N6O/c1-4-17(5-2)11-15-9(12-3)14-10(16-11)13-7-6-8-18/h18H,4-8H2,1-3H3,(H2,12,13,14,15,16). The number of hydrogen-bond acceptors (Lipinski definition) is 7. The fourth-order valence-electron chi connectivity index (χ4n) is 1.48. The molecule has 0 aliphatic heterocycles. The summed E-state index contributed by atoms with van der Waals surface area (Å²) in [4.78, 5) is 15.0. The van der Waals surface area contributed by atoms with Gasteiger partial charge in [0.1, 0.15) is 0 Å². The van der Waals surface area contributed by atoms with Crippen LogP contribution in [0.1, 0.15) is 20.3 Å². The molecule has 7 heteroatoms. The van der Waals surface area contributed by atoms with E-state index in [1.807, 2.05) is 0 Å². The fourth-order valence-corrected chi connectivity index (χ4v) is 1.48. The third-order valence-corrected chi connectivity index (χ3v) is 2.51. The van der Waals surface area contributed by atoms with E-state index in [2.05, 4.69) is 44.3 Å². The van der Waals surface area contributed by atoms with Crippen molar-refractivity contribution in [1.29, 1.82) is 0 Å². The Hall–Kier alpha value is -1.63. The number of aromatic nitrogens is 3. The average molecular weight is 254 g/mol. The zero-order chi connectivity index (χ0) is 13.4. The molecule has 1 aromatic heterocycles. The van der Waals surface area contributed by atoms with E-state index in [0.29, 0.717) is 30.8 Å². The molecule has 18 heavy (non-hydrogen) atoms. The Kier molecular flexibility index (Phi) is 6.13.